The smallest absolute Gasteiger partial charge is 0.270 e. The molecule has 0 saturated carbocycles. The van der Waals surface area contributed by atoms with Crippen LogP contribution < -0.4 is 5.32 Å². The van der Waals surface area contributed by atoms with Crippen LogP contribution in [-0.4, -0.2) is 16.6 Å². The van der Waals surface area contributed by atoms with Gasteiger partial charge in [-0.2, -0.15) is 0 Å². The third kappa shape index (κ3) is 1.97. The van der Waals surface area contributed by atoms with Crippen molar-refractivity contribution in [3.05, 3.63) is 33.9 Å². The Balaban J connectivity index is 2.45. The SMILES string of the molecule is CCCC1C(=O)Nc2ccc([N+](=O)[O-])cc2C1=O. The lowest BCUT2D eigenvalue weighted by Gasteiger charge is -2.22. The minimum absolute atomic E-state index is 0.145. The Morgan fingerprint density at radius 3 is 2.72 bits per heavy atom. The largest absolute Gasteiger partial charge is 0.325 e. The molecule has 0 bridgehead atoms. The van der Waals surface area contributed by atoms with E-state index >= 15 is 0 Å². The lowest BCUT2D eigenvalue weighted by atomic mass is 9.88. The van der Waals surface area contributed by atoms with Gasteiger partial charge >= 0.3 is 0 Å². The second-order valence-corrected chi connectivity index (χ2v) is 4.18. The number of hydrogen-bond acceptors (Lipinski definition) is 4. The molecule has 1 aliphatic rings. The van der Waals surface area contributed by atoms with E-state index < -0.39 is 10.8 Å². The molecule has 2 rings (SSSR count). The number of hydrogen-bond donors (Lipinski definition) is 1. The van der Waals surface area contributed by atoms with Gasteiger partial charge in [0.15, 0.2) is 5.78 Å². The number of rotatable bonds is 3. The number of nitrogens with one attached hydrogen (secondary N) is 1. The van der Waals surface area contributed by atoms with Gasteiger partial charge in [-0.25, -0.2) is 0 Å². The van der Waals surface area contributed by atoms with E-state index in [-0.39, 0.29) is 22.9 Å². The van der Waals surface area contributed by atoms with Crippen LogP contribution in [-0.2, 0) is 4.79 Å². The molecule has 0 aromatic heterocycles. The van der Waals surface area contributed by atoms with Crippen molar-refractivity contribution in [2.24, 2.45) is 5.92 Å². The number of non-ortho nitro benzene ring substituents is 1. The molecule has 6 heteroatoms. The molecule has 0 saturated heterocycles. The number of nitrogens with zero attached hydrogens (tertiary/aromatic N) is 1. The van der Waals surface area contributed by atoms with E-state index in [1.165, 1.54) is 18.2 Å². The second kappa shape index (κ2) is 4.56. The Morgan fingerprint density at radius 1 is 1.39 bits per heavy atom. The molecule has 0 radical (unpaired) electrons. The van der Waals surface area contributed by atoms with E-state index in [9.17, 15) is 19.7 Å². The lowest BCUT2D eigenvalue weighted by molar-refractivity contribution is -0.384. The molecule has 1 aromatic rings. The second-order valence-electron chi connectivity index (χ2n) is 4.18. The van der Waals surface area contributed by atoms with E-state index in [0.717, 1.165) is 0 Å². The minimum atomic E-state index is -0.732. The summed E-state index contributed by atoms with van der Waals surface area (Å²) in [5.41, 5.74) is 0.429. The van der Waals surface area contributed by atoms with Crippen molar-refractivity contribution < 1.29 is 14.5 Å². The van der Waals surface area contributed by atoms with Crippen LogP contribution in [0.25, 0.3) is 0 Å². The molecule has 1 unspecified atom stereocenters. The van der Waals surface area contributed by atoms with E-state index in [2.05, 4.69) is 5.32 Å². The number of nitro groups is 1. The van der Waals surface area contributed by atoms with E-state index in [4.69, 9.17) is 0 Å². The first kappa shape index (κ1) is 12.2. The van der Waals surface area contributed by atoms with Crippen LogP contribution >= 0.6 is 0 Å². The maximum atomic E-state index is 12.1. The maximum absolute atomic E-state index is 12.1. The van der Waals surface area contributed by atoms with Gasteiger partial charge in [-0.15, -0.1) is 0 Å². The summed E-state index contributed by atoms with van der Waals surface area (Å²) >= 11 is 0. The van der Waals surface area contributed by atoms with Crippen molar-refractivity contribution in [2.45, 2.75) is 19.8 Å². The molecule has 94 valence electrons. The fourth-order valence-electron chi connectivity index (χ4n) is 2.04. The van der Waals surface area contributed by atoms with Crippen LogP contribution in [0.15, 0.2) is 18.2 Å². The predicted molar refractivity (Wildman–Crippen MR) is 64.5 cm³/mol. The van der Waals surface area contributed by atoms with Crippen molar-refractivity contribution in [3.8, 4) is 0 Å². The maximum Gasteiger partial charge on any atom is 0.270 e. The highest BCUT2D eigenvalue weighted by atomic mass is 16.6. The average molecular weight is 248 g/mol. The molecule has 1 atom stereocenters. The fraction of sp³-hybridized carbons (Fsp3) is 0.333. The summed E-state index contributed by atoms with van der Waals surface area (Å²) in [6.45, 7) is 1.88. The van der Waals surface area contributed by atoms with Gasteiger partial charge in [-0.05, 0) is 12.5 Å². The van der Waals surface area contributed by atoms with Gasteiger partial charge in [0.2, 0.25) is 5.91 Å². The number of anilines is 1. The standard InChI is InChI=1S/C12H12N2O4/c1-2-3-8-11(15)9-6-7(14(17)18)4-5-10(9)13-12(8)16/h4-6,8H,2-3H2,1H3,(H,13,16). The number of carbonyl (C=O) groups is 2. The predicted octanol–water partition coefficient (Wildman–Crippen LogP) is 2.15. The Kier molecular flexibility index (Phi) is 3.10. The molecule has 1 amide bonds. The average Bonchev–Trinajstić information content (AvgIpc) is 2.34. The zero-order valence-corrected chi connectivity index (χ0v) is 9.80. The van der Waals surface area contributed by atoms with E-state index in [1.54, 1.807) is 0 Å². The molecule has 1 aliphatic heterocycles. The number of nitro benzene ring substituents is 1. The van der Waals surface area contributed by atoms with Gasteiger partial charge in [-0.1, -0.05) is 13.3 Å². The van der Waals surface area contributed by atoms with Gasteiger partial charge < -0.3 is 5.32 Å². The van der Waals surface area contributed by atoms with Gasteiger partial charge in [-0.3, -0.25) is 19.7 Å². The zero-order valence-electron chi connectivity index (χ0n) is 9.80. The fourth-order valence-corrected chi connectivity index (χ4v) is 2.04. The third-order valence-corrected chi connectivity index (χ3v) is 2.95. The topological polar surface area (TPSA) is 89.3 Å². The molecule has 1 heterocycles. The summed E-state index contributed by atoms with van der Waals surface area (Å²) in [4.78, 5) is 33.9. The molecule has 6 nitrogen and oxygen atoms in total. The summed E-state index contributed by atoms with van der Waals surface area (Å²) < 4.78 is 0. The third-order valence-electron chi connectivity index (χ3n) is 2.95. The molecular weight excluding hydrogens is 236 g/mol. The number of Topliss-reactive ketones (excluding diaryl/α,β-unsaturated/α-hetero) is 1. The summed E-state index contributed by atoms with van der Waals surface area (Å²) in [6.07, 6.45) is 1.15. The van der Waals surface area contributed by atoms with Crippen LogP contribution in [0.4, 0.5) is 11.4 Å². The first-order chi connectivity index (χ1) is 8.54. The lowest BCUT2D eigenvalue weighted by Crippen LogP contribution is -2.35. The molecule has 0 spiro atoms. The summed E-state index contributed by atoms with van der Waals surface area (Å²) in [6, 6.07) is 3.89. The monoisotopic (exact) mass is 248 g/mol. The Morgan fingerprint density at radius 2 is 2.11 bits per heavy atom. The molecule has 1 N–H and O–H groups in total. The van der Waals surface area contributed by atoms with E-state index in [1.807, 2.05) is 6.92 Å². The number of ketones is 1. The number of amides is 1. The van der Waals surface area contributed by atoms with Crippen molar-refractivity contribution in [1.29, 1.82) is 0 Å². The van der Waals surface area contributed by atoms with Gasteiger partial charge in [0.1, 0.15) is 5.92 Å². The quantitative estimate of drug-likeness (QED) is 0.504. The minimum Gasteiger partial charge on any atom is -0.325 e. The zero-order chi connectivity index (χ0) is 13.3. The highest BCUT2D eigenvalue weighted by Gasteiger charge is 2.34. The van der Waals surface area contributed by atoms with Crippen molar-refractivity contribution in [1.82, 2.24) is 0 Å². The summed E-state index contributed by atoms with van der Waals surface area (Å²) in [5.74, 6) is -1.40. The Labute approximate surface area is 103 Å². The van der Waals surface area contributed by atoms with Crippen LogP contribution in [0.5, 0.6) is 0 Å². The summed E-state index contributed by atoms with van der Waals surface area (Å²) in [7, 11) is 0. The molecule has 0 fully saturated rings. The van der Waals surface area contributed by atoms with Crippen LogP contribution in [0, 0.1) is 16.0 Å². The highest BCUT2D eigenvalue weighted by Crippen LogP contribution is 2.30. The summed E-state index contributed by atoms with van der Waals surface area (Å²) in [5, 5.41) is 13.3. The molecular formula is C12H12N2O4. The Hall–Kier alpha value is -2.24. The van der Waals surface area contributed by atoms with Crippen LogP contribution in [0.2, 0.25) is 0 Å². The number of carbonyl (C=O) groups excluding carboxylic acids is 2. The number of fused-ring (bicyclic) bond motifs is 1. The van der Waals surface area contributed by atoms with Crippen molar-refractivity contribution in [2.75, 3.05) is 5.32 Å². The van der Waals surface area contributed by atoms with Gasteiger partial charge in [0.05, 0.1) is 10.6 Å². The van der Waals surface area contributed by atoms with Gasteiger partial charge in [0.25, 0.3) is 5.69 Å². The highest BCUT2D eigenvalue weighted by molar-refractivity contribution is 6.21. The first-order valence-corrected chi connectivity index (χ1v) is 5.68. The number of benzene rings is 1. The normalized spacial score (nSPS) is 18.2. The van der Waals surface area contributed by atoms with Gasteiger partial charge in [0, 0.05) is 17.7 Å². The molecule has 18 heavy (non-hydrogen) atoms. The first-order valence-electron chi connectivity index (χ1n) is 5.68. The van der Waals surface area contributed by atoms with Crippen LogP contribution in [0.1, 0.15) is 30.1 Å². The van der Waals surface area contributed by atoms with Crippen molar-refractivity contribution in [3.63, 3.8) is 0 Å². The van der Waals surface area contributed by atoms with E-state index in [0.29, 0.717) is 18.5 Å². The van der Waals surface area contributed by atoms with Crippen molar-refractivity contribution >= 4 is 23.1 Å². The molecule has 0 aliphatic carbocycles. The van der Waals surface area contributed by atoms with Crippen LogP contribution in [0.3, 0.4) is 0 Å². The Bertz CT molecular complexity index is 539. The molecule has 1 aromatic carbocycles.